The smallest absolute Gasteiger partial charge is 0.422 e. The number of H-pyrrole nitrogens is 1. The van der Waals surface area contributed by atoms with E-state index in [1.54, 1.807) is 0 Å². The zero-order valence-corrected chi connectivity index (χ0v) is 18.5. The van der Waals surface area contributed by atoms with Crippen molar-refractivity contribution in [1.29, 1.82) is 0 Å². The number of nitrogens with zero attached hydrogens (tertiary/aromatic N) is 3. The SMILES string of the molecule is Cc1cc(-c2ccccc2)c([C@H](C)Nc2ncnc(N)c2-c2cncc(OCC(F)(F)F)c2)[nH]1. The number of hydrogen-bond donors (Lipinski definition) is 3. The van der Waals surface area contributed by atoms with E-state index in [1.807, 2.05) is 44.2 Å². The lowest BCUT2D eigenvalue weighted by Crippen LogP contribution is -2.19. The van der Waals surface area contributed by atoms with Gasteiger partial charge in [-0.15, -0.1) is 0 Å². The molecule has 0 saturated heterocycles. The zero-order valence-electron chi connectivity index (χ0n) is 18.5. The summed E-state index contributed by atoms with van der Waals surface area (Å²) in [5.41, 5.74) is 11.1. The number of nitrogens with two attached hydrogens (primary N) is 1. The van der Waals surface area contributed by atoms with Crippen molar-refractivity contribution in [2.75, 3.05) is 17.7 Å². The molecule has 0 radical (unpaired) electrons. The van der Waals surface area contributed by atoms with Crippen LogP contribution >= 0.6 is 0 Å². The van der Waals surface area contributed by atoms with E-state index in [0.717, 1.165) is 22.5 Å². The van der Waals surface area contributed by atoms with Crippen LogP contribution in [0.5, 0.6) is 5.75 Å². The van der Waals surface area contributed by atoms with Crippen molar-refractivity contribution in [2.45, 2.75) is 26.1 Å². The molecule has 3 heterocycles. The van der Waals surface area contributed by atoms with Crippen molar-refractivity contribution in [1.82, 2.24) is 19.9 Å². The molecule has 10 heteroatoms. The molecule has 0 aliphatic carbocycles. The van der Waals surface area contributed by atoms with Crippen LogP contribution in [0.3, 0.4) is 0 Å². The number of hydrogen-bond acceptors (Lipinski definition) is 6. The van der Waals surface area contributed by atoms with Gasteiger partial charge in [-0.2, -0.15) is 13.2 Å². The van der Waals surface area contributed by atoms with E-state index in [2.05, 4.69) is 31.3 Å². The summed E-state index contributed by atoms with van der Waals surface area (Å²) in [6.45, 7) is 2.53. The Morgan fingerprint density at radius 2 is 1.85 bits per heavy atom. The molecule has 0 bridgehead atoms. The van der Waals surface area contributed by atoms with Gasteiger partial charge in [0, 0.05) is 28.7 Å². The largest absolute Gasteiger partial charge is 0.482 e. The van der Waals surface area contributed by atoms with E-state index in [9.17, 15) is 13.2 Å². The zero-order chi connectivity index (χ0) is 24.3. The number of aromatic nitrogens is 4. The minimum atomic E-state index is -4.46. The molecule has 0 amide bonds. The van der Waals surface area contributed by atoms with Crippen molar-refractivity contribution >= 4 is 11.6 Å². The molecule has 0 saturated carbocycles. The molecule has 4 aromatic rings. The van der Waals surface area contributed by atoms with Crippen molar-refractivity contribution in [3.63, 3.8) is 0 Å². The summed E-state index contributed by atoms with van der Waals surface area (Å²) in [6.07, 6.45) is -0.459. The van der Waals surface area contributed by atoms with Gasteiger partial charge in [0.05, 0.1) is 17.8 Å². The summed E-state index contributed by atoms with van der Waals surface area (Å²) >= 11 is 0. The quantitative estimate of drug-likeness (QED) is 0.329. The van der Waals surface area contributed by atoms with Gasteiger partial charge in [-0.05, 0) is 31.5 Å². The number of pyridine rings is 1. The molecular formula is C24H23F3N6O. The molecule has 0 aliphatic heterocycles. The van der Waals surface area contributed by atoms with Crippen LogP contribution in [-0.4, -0.2) is 32.7 Å². The van der Waals surface area contributed by atoms with Gasteiger partial charge in [-0.3, -0.25) is 4.98 Å². The lowest BCUT2D eigenvalue weighted by molar-refractivity contribution is -0.153. The molecule has 176 valence electrons. The first kappa shape index (κ1) is 23.1. The second-order valence-electron chi connectivity index (χ2n) is 7.81. The van der Waals surface area contributed by atoms with E-state index >= 15 is 0 Å². The van der Waals surface area contributed by atoms with Crippen LogP contribution in [0.15, 0.2) is 61.2 Å². The average Bonchev–Trinajstić information content (AvgIpc) is 3.20. The first-order valence-electron chi connectivity index (χ1n) is 10.5. The first-order chi connectivity index (χ1) is 16.2. The lowest BCUT2D eigenvalue weighted by Gasteiger charge is -2.19. The van der Waals surface area contributed by atoms with Crippen LogP contribution < -0.4 is 15.8 Å². The third kappa shape index (κ3) is 5.28. The van der Waals surface area contributed by atoms with Crippen LogP contribution in [0.25, 0.3) is 22.3 Å². The normalized spacial score (nSPS) is 12.4. The minimum Gasteiger partial charge on any atom is -0.482 e. The topological polar surface area (TPSA) is 102 Å². The number of anilines is 2. The van der Waals surface area contributed by atoms with E-state index < -0.39 is 12.8 Å². The predicted molar refractivity (Wildman–Crippen MR) is 124 cm³/mol. The van der Waals surface area contributed by atoms with E-state index in [4.69, 9.17) is 10.5 Å². The van der Waals surface area contributed by atoms with Gasteiger partial charge in [-0.1, -0.05) is 30.3 Å². The number of nitrogen functional groups attached to an aromatic ring is 1. The summed E-state index contributed by atoms with van der Waals surface area (Å²) in [5, 5.41) is 3.35. The van der Waals surface area contributed by atoms with Crippen molar-refractivity contribution < 1.29 is 17.9 Å². The van der Waals surface area contributed by atoms with Crippen molar-refractivity contribution in [3.05, 3.63) is 72.6 Å². The van der Waals surface area contributed by atoms with Gasteiger partial charge in [0.2, 0.25) is 0 Å². The van der Waals surface area contributed by atoms with Crippen molar-refractivity contribution in [3.8, 4) is 28.0 Å². The molecule has 0 unspecified atom stereocenters. The standard InChI is InChI=1S/C24H23F3N6O/c1-14-8-19(16-6-4-3-5-7-16)21(32-14)15(2)33-23-20(22(28)30-13-31-23)17-9-18(11-29-10-17)34-12-24(25,26)27/h3-11,13,15,32H,12H2,1-2H3,(H3,28,30,31,33)/t15-/m0/s1. The summed E-state index contributed by atoms with van der Waals surface area (Å²) in [7, 11) is 0. The minimum absolute atomic E-state index is 0.0385. The number of halogens is 3. The predicted octanol–water partition coefficient (Wildman–Crippen LogP) is 5.54. The molecule has 34 heavy (non-hydrogen) atoms. The molecule has 7 nitrogen and oxygen atoms in total. The Balaban J connectivity index is 1.66. The van der Waals surface area contributed by atoms with Crippen LogP contribution in [-0.2, 0) is 0 Å². The second kappa shape index (κ2) is 9.42. The fourth-order valence-electron chi connectivity index (χ4n) is 3.68. The molecule has 0 spiro atoms. The van der Waals surface area contributed by atoms with E-state index in [0.29, 0.717) is 16.9 Å². The van der Waals surface area contributed by atoms with Crippen LogP contribution in [0.2, 0.25) is 0 Å². The van der Waals surface area contributed by atoms with Gasteiger partial charge >= 0.3 is 6.18 Å². The highest BCUT2D eigenvalue weighted by molar-refractivity contribution is 5.84. The highest BCUT2D eigenvalue weighted by Gasteiger charge is 2.28. The van der Waals surface area contributed by atoms with Crippen molar-refractivity contribution in [2.24, 2.45) is 0 Å². The average molecular weight is 468 g/mol. The summed E-state index contributed by atoms with van der Waals surface area (Å²) in [5.74, 6) is 0.537. The van der Waals surface area contributed by atoms with Gasteiger partial charge in [0.1, 0.15) is 23.7 Å². The summed E-state index contributed by atoms with van der Waals surface area (Å²) in [4.78, 5) is 15.8. The highest BCUT2D eigenvalue weighted by atomic mass is 19.4. The Morgan fingerprint density at radius 1 is 1.09 bits per heavy atom. The Kier molecular flexibility index (Phi) is 6.40. The third-order valence-corrected chi connectivity index (χ3v) is 5.13. The molecule has 3 aromatic heterocycles. The van der Waals surface area contributed by atoms with E-state index in [-0.39, 0.29) is 17.6 Å². The van der Waals surface area contributed by atoms with Crippen LogP contribution in [0.1, 0.15) is 24.4 Å². The van der Waals surface area contributed by atoms with Gasteiger partial charge in [0.25, 0.3) is 0 Å². The van der Waals surface area contributed by atoms with Gasteiger partial charge < -0.3 is 20.8 Å². The Hall–Kier alpha value is -4.08. The monoisotopic (exact) mass is 468 g/mol. The Morgan fingerprint density at radius 3 is 2.59 bits per heavy atom. The summed E-state index contributed by atoms with van der Waals surface area (Å²) < 4.78 is 42.5. The lowest BCUT2D eigenvalue weighted by atomic mass is 10.0. The molecule has 0 aliphatic rings. The third-order valence-electron chi connectivity index (χ3n) is 5.13. The number of benzene rings is 1. The number of aromatic amines is 1. The number of rotatable bonds is 7. The first-order valence-corrected chi connectivity index (χ1v) is 10.5. The molecule has 1 aromatic carbocycles. The summed E-state index contributed by atoms with van der Waals surface area (Å²) in [6, 6.07) is 13.3. The fourth-order valence-corrected chi connectivity index (χ4v) is 3.68. The molecule has 1 atom stereocenters. The number of aryl methyl sites for hydroxylation is 1. The maximum Gasteiger partial charge on any atom is 0.422 e. The molecular weight excluding hydrogens is 445 g/mol. The number of alkyl halides is 3. The number of nitrogens with one attached hydrogen (secondary N) is 2. The Bertz CT molecular complexity index is 1270. The van der Waals surface area contributed by atoms with Crippen LogP contribution in [0.4, 0.5) is 24.8 Å². The second-order valence-corrected chi connectivity index (χ2v) is 7.81. The Labute approximate surface area is 194 Å². The molecule has 4 N–H and O–H groups in total. The van der Waals surface area contributed by atoms with Gasteiger partial charge in [0.15, 0.2) is 6.61 Å². The maximum atomic E-state index is 12.6. The highest BCUT2D eigenvalue weighted by Crippen LogP contribution is 2.36. The number of ether oxygens (including phenoxy) is 1. The van der Waals surface area contributed by atoms with Gasteiger partial charge in [-0.25, -0.2) is 9.97 Å². The molecule has 0 fully saturated rings. The fraction of sp³-hybridized carbons (Fsp3) is 0.208. The van der Waals surface area contributed by atoms with Crippen LogP contribution in [0, 0.1) is 6.92 Å². The maximum absolute atomic E-state index is 12.6. The van der Waals surface area contributed by atoms with E-state index in [1.165, 1.54) is 24.8 Å². The molecule has 4 rings (SSSR count).